The van der Waals surface area contributed by atoms with E-state index in [0.717, 1.165) is 0 Å². The summed E-state index contributed by atoms with van der Waals surface area (Å²) < 4.78 is 29.3. The summed E-state index contributed by atoms with van der Waals surface area (Å²) in [6, 6.07) is 2.27. The van der Waals surface area contributed by atoms with E-state index in [2.05, 4.69) is 10.3 Å². The molecule has 2 rings (SSSR count). The van der Waals surface area contributed by atoms with Crippen LogP contribution in [0.5, 0.6) is 5.88 Å². The number of pyridine rings is 1. The maximum absolute atomic E-state index is 12.7. The van der Waals surface area contributed by atoms with Gasteiger partial charge in [0.25, 0.3) is 12.3 Å². The van der Waals surface area contributed by atoms with Crippen LogP contribution < -0.4 is 10.1 Å². The van der Waals surface area contributed by atoms with Gasteiger partial charge in [-0.05, 0) is 18.4 Å². The number of halogens is 2. The van der Waals surface area contributed by atoms with Crippen LogP contribution in [0.4, 0.5) is 8.78 Å². The smallest absolute Gasteiger partial charge is 0.272 e. The van der Waals surface area contributed by atoms with Gasteiger partial charge in [0.15, 0.2) is 6.61 Å². The second-order valence-electron chi connectivity index (χ2n) is 6.02. The predicted molar refractivity (Wildman–Crippen MR) is 83.0 cm³/mol. The van der Waals surface area contributed by atoms with Crippen molar-refractivity contribution in [2.75, 3.05) is 19.7 Å². The lowest BCUT2D eigenvalue weighted by Crippen LogP contribution is -2.57. The fourth-order valence-corrected chi connectivity index (χ4v) is 2.57. The van der Waals surface area contributed by atoms with Crippen molar-refractivity contribution in [3.05, 3.63) is 23.9 Å². The number of amides is 2. The summed E-state index contributed by atoms with van der Waals surface area (Å²) in [5.74, 6) is -0.300. The molecule has 1 aliphatic rings. The Morgan fingerprint density at radius 2 is 2.25 bits per heavy atom. The van der Waals surface area contributed by atoms with E-state index in [4.69, 9.17) is 4.74 Å². The zero-order chi connectivity index (χ0) is 17.7. The average Bonchev–Trinajstić information content (AvgIpc) is 2.54. The molecule has 1 N–H and O–H groups in total. The molecule has 1 saturated heterocycles. The highest BCUT2D eigenvalue weighted by molar-refractivity contribution is 5.98. The van der Waals surface area contributed by atoms with Gasteiger partial charge in [-0.3, -0.25) is 9.59 Å². The SMILES string of the molecule is CC(C)CC1C(=O)NCCN1C(=O)c1ccnc(OCC(F)F)c1. The van der Waals surface area contributed by atoms with E-state index in [0.29, 0.717) is 19.5 Å². The van der Waals surface area contributed by atoms with Gasteiger partial charge in [-0.2, -0.15) is 0 Å². The molecule has 132 valence electrons. The van der Waals surface area contributed by atoms with E-state index in [1.165, 1.54) is 23.2 Å². The minimum Gasteiger partial charge on any atom is -0.472 e. The molecule has 1 fully saturated rings. The molecular formula is C16H21F2N3O3. The Morgan fingerprint density at radius 3 is 2.92 bits per heavy atom. The number of alkyl halides is 2. The molecule has 6 nitrogen and oxygen atoms in total. The number of hydrogen-bond acceptors (Lipinski definition) is 4. The van der Waals surface area contributed by atoms with Crippen LogP contribution in [0.2, 0.25) is 0 Å². The first kappa shape index (κ1) is 18.1. The van der Waals surface area contributed by atoms with Crippen LogP contribution in [-0.2, 0) is 4.79 Å². The molecule has 1 aliphatic heterocycles. The zero-order valence-electron chi connectivity index (χ0n) is 13.7. The van der Waals surface area contributed by atoms with Crippen molar-refractivity contribution in [1.29, 1.82) is 0 Å². The van der Waals surface area contributed by atoms with Crippen molar-refractivity contribution in [2.24, 2.45) is 5.92 Å². The van der Waals surface area contributed by atoms with Crippen LogP contribution in [0.25, 0.3) is 0 Å². The highest BCUT2D eigenvalue weighted by Gasteiger charge is 2.34. The molecule has 2 heterocycles. The fourth-order valence-electron chi connectivity index (χ4n) is 2.57. The Hall–Kier alpha value is -2.25. The molecule has 1 atom stereocenters. The summed E-state index contributed by atoms with van der Waals surface area (Å²) in [4.78, 5) is 30.2. The fraction of sp³-hybridized carbons (Fsp3) is 0.562. The number of ether oxygens (including phenoxy) is 1. The molecule has 0 saturated carbocycles. The van der Waals surface area contributed by atoms with Gasteiger partial charge in [0.1, 0.15) is 6.04 Å². The van der Waals surface area contributed by atoms with Crippen LogP contribution in [0, 0.1) is 5.92 Å². The number of nitrogens with zero attached hydrogens (tertiary/aromatic N) is 2. The number of carbonyl (C=O) groups is 2. The quantitative estimate of drug-likeness (QED) is 0.855. The molecule has 0 spiro atoms. The highest BCUT2D eigenvalue weighted by atomic mass is 19.3. The summed E-state index contributed by atoms with van der Waals surface area (Å²) in [5.41, 5.74) is 0.262. The molecule has 0 radical (unpaired) electrons. The number of rotatable bonds is 6. The Kier molecular flexibility index (Phi) is 6.05. The van der Waals surface area contributed by atoms with Crippen LogP contribution in [0.1, 0.15) is 30.6 Å². The van der Waals surface area contributed by atoms with Gasteiger partial charge in [0.05, 0.1) is 0 Å². The van der Waals surface area contributed by atoms with Gasteiger partial charge in [0, 0.05) is 30.9 Å². The van der Waals surface area contributed by atoms with Crippen LogP contribution in [0.3, 0.4) is 0 Å². The summed E-state index contributed by atoms with van der Waals surface area (Å²) in [5, 5.41) is 2.76. The summed E-state index contributed by atoms with van der Waals surface area (Å²) in [6.45, 7) is 3.96. The third-order valence-corrected chi connectivity index (χ3v) is 3.63. The molecule has 0 aliphatic carbocycles. The lowest BCUT2D eigenvalue weighted by molar-refractivity contribution is -0.128. The normalized spacial score (nSPS) is 18.0. The third kappa shape index (κ3) is 4.62. The van der Waals surface area contributed by atoms with Gasteiger partial charge in [-0.1, -0.05) is 13.8 Å². The second-order valence-corrected chi connectivity index (χ2v) is 6.02. The molecule has 1 aromatic rings. The first-order valence-corrected chi connectivity index (χ1v) is 7.84. The number of aromatic nitrogens is 1. The van der Waals surface area contributed by atoms with Crippen LogP contribution in [0.15, 0.2) is 18.3 Å². The molecule has 8 heteroatoms. The average molecular weight is 341 g/mol. The largest absolute Gasteiger partial charge is 0.472 e. The minimum atomic E-state index is -2.62. The second kappa shape index (κ2) is 8.03. The van der Waals surface area contributed by atoms with Gasteiger partial charge < -0.3 is 15.0 Å². The van der Waals surface area contributed by atoms with Crippen molar-refractivity contribution in [3.8, 4) is 5.88 Å². The van der Waals surface area contributed by atoms with Crippen molar-refractivity contribution < 1.29 is 23.1 Å². The van der Waals surface area contributed by atoms with E-state index in [1.54, 1.807) is 0 Å². The topological polar surface area (TPSA) is 71.5 Å². The summed E-state index contributed by atoms with van der Waals surface area (Å²) in [7, 11) is 0. The molecule has 1 aromatic heterocycles. The molecule has 0 bridgehead atoms. The van der Waals surface area contributed by atoms with E-state index in [1.807, 2.05) is 13.8 Å². The zero-order valence-corrected chi connectivity index (χ0v) is 13.7. The molecule has 2 amide bonds. The first-order chi connectivity index (χ1) is 11.4. The summed E-state index contributed by atoms with van der Waals surface area (Å²) in [6.07, 6.45) is -0.736. The molecular weight excluding hydrogens is 320 g/mol. The van der Waals surface area contributed by atoms with E-state index in [9.17, 15) is 18.4 Å². The highest BCUT2D eigenvalue weighted by Crippen LogP contribution is 2.19. The molecule has 1 unspecified atom stereocenters. The van der Waals surface area contributed by atoms with Crippen molar-refractivity contribution >= 4 is 11.8 Å². The molecule has 24 heavy (non-hydrogen) atoms. The molecule has 0 aromatic carbocycles. The maximum Gasteiger partial charge on any atom is 0.272 e. The maximum atomic E-state index is 12.7. The predicted octanol–water partition coefficient (Wildman–Crippen LogP) is 1.71. The van der Waals surface area contributed by atoms with Crippen LogP contribution >= 0.6 is 0 Å². The van der Waals surface area contributed by atoms with Gasteiger partial charge in [0.2, 0.25) is 11.8 Å². The monoisotopic (exact) mass is 341 g/mol. The standard InChI is InChI=1S/C16H21F2N3O3/c1-10(2)7-12-15(22)20-5-6-21(12)16(23)11-3-4-19-14(8-11)24-9-13(17)18/h3-4,8,10,12-13H,5-7,9H2,1-2H3,(H,20,22). The van der Waals surface area contributed by atoms with Crippen molar-refractivity contribution in [2.45, 2.75) is 32.7 Å². The van der Waals surface area contributed by atoms with E-state index in [-0.39, 0.29) is 29.2 Å². The van der Waals surface area contributed by atoms with Gasteiger partial charge >= 0.3 is 0 Å². The van der Waals surface area contributed by atoms with Crippen molar-refractivity contribution in [3.63, 3.8) is 0 Å². The Morgan fingerprint density at radius 1 is 1.50 bits per heavy atom. The number of nitrogens with one attached hydrogen (secondary N) is 1. The lowest BCUT2D eigenvalue weighted by atomic mass is 9.99. The Bertz CT molecular complexity index is 596. The van der Waals surface area contributed by atoms with Gasteiger partial charge in [-0.15, -0.1) is 0 Å². The van der Waals surface area contributed by atoms with Gasteiger partial charge in [-0.25, -0.2) is 13.8 Å². The first-order valence-electron chi connectivity index (χ1n) is 7.84. The number of hydrogen-bond donors (Lipinski definition) is 1. The Labute approximate surface area is 139 Å². The number of carbonyl (C=O) groups excluding carboxylic acids is 2. The lowest BCUT2D eigenvalue weighted by Gasteiger charge is -2.36. The van der Waals surface area contributed by atoms with E-state index >= 15 is 0 Å². The Balaban J connectivity index is 2.16. The third-order valence-electron chi connectivity index (χ3n) is 3.63. The van der Waals surface area contributed by atoms with Crippen molar-refractivity contribution in [1.82, 2.24) is 15.2 Å². The summed E-state index contributed by atoms with van der Waals surface area (Å²) >= 11 is 0. The minimum absolute atomic E-state index is 0.0389. The van der Waals surface area contributed by atoms with Crippen LogP contribution in [-0.4, -0.2) is 53.9 Å². The van der Waals surface area contributed by atoms with E-state index < -0.39 is 19.1 Å². The number of piperazine rings is 1.